The van der Waals surface area contributed by atoms with Crippen molar-refractivity contribution < 1.29 is 0 Å². The van der Waals surface area contributed by atoms with Crippen molar-refractivity contribution in [1.29, 1.82) is 0 Å². The average Bonchev–Trinajstić information content (AvgIpc) is 3.20. The fourth-order valence-electron chi connectivity index (χ4n) is 3.28. The van der Waals surface area contributed by atoms with Gasteiger partial charge in [-0.1, -0.05) is 31.0 Å². The highest BCUT2D eigenvalue weighted by Gasteiger charge is 2.15. The molecule has 3 rings (SSSR count). The highest BCUT2D eigenvalue weighted by atomic mass is 15.2. The second kappa shape index (κ2) is 7.34. The Morgan fingerprint density at radius 2 is 2.09 bits per heavy atom. The number of fused-ring (bicyclic) bond motifs is 1. The van der Waals surface area contributed by atoms with Crippen LogP contribution in [-0.4, -0.2) is 30.6 Å². The molecule has 118 valence electrons. The van der Waals surface area contributed by atoms with Gasteiger partial charge >= 0.3 is 0 Å². The van der Waals surface area contributed by atoms with E-state index < -0.39 is 0 Å². The zero-order valence-corrected chi connectivity index (χ0v) is 13.4. The van der Waals surface area contributed by atoms with Gasteiger partial charge in [0.25, 0.3) is 0 Å². The van der Waals surface area contributed by atoms with Crippen molar-refractivity contribution in [2.24, 2.45) is 4.99 Å². The number of aryl methyl sites for hydroxylation is 1. The van der Waals surface area contributed by atoms with Crippen LogP contribution in [0.4, 0.5) is 0 Å². The lowest BCUT2D eigenvalue weighted by molar-refractivity contribution is 0.610. The molecule has 0 radical (unpaired) electrons. The summed E-state index contributed by atoms with van der Waals surface area (Å²) in [6, 6.07) is 9.10. The Bertz CT molecular complexity index is 623. The largest absolute Gasteiger partial charge is 0.361 e. The number of guanidine groups is 1. The first-order valence-corrected chi connectivity index (χ1v) is 8.39. The fraction of sp³-hybridized carbons (Fsp3) is 0.500. The predicted octanol–water partition coefficient (Wildman–Crippen LogP) is 3.21. The summed E-state index contributed by atoms with van der Waals surface area (Å²) in [6.07, 6.45) is 9.55. The zero-order chi connectivity index (χ0) is 15.2. The predicted molar refractivity (Wildman–Crippen MR) is 93.4 cm³/mol. The number of rotatable bonds is 5. The first kappa shape index (κ1) is 14.9. The topological polar surface area (TPSA) is 52.2 Å². The van der Waals surface area contributed by atoms with E-state index in [0.717, 1.165) is 25.3 Å². The molecule has 0 spiro atoms. The number of nitrogens with one attached hydrogen (secondary N) is 3. The Morgan fingerprint density at radius 1 is 1.27 bits per heavy atom. The monoisotopic (exact) mass is 298 g/mol. The molecule has 0 unspecified atom stereocenters. The highest BCUT2D eigenvalue weighted by Crippen LogP contribution is 2.19. The number of para-hydroxylation sites is 1. The van der Waals surface area contributed by atoms with Crippen LogP contribution in [0.5, 0.6) is 0 Å². The van der Waals surface area contributed by atoms with E-state index in [1.807, 2.05) is 7.05 Å². The van der Waals surface area contributed by atoms with Crippen molar-refractivity contribution in [3.05, 3.63) is 36.0 Å². The van der Waals surface area contributed by atoms with E-state index in [2.05, 4.69) is 51.1 Å². The molecule has 0 saturated heterocycles. The van der Waals surface area contributed by atoms with Crippen LogP contribution in [0, 0.1) is 0 Å². The molecule has 0 amide bonds. The summed E-state index contributed by atoms with van der Waals surface area (Å²) in [5.41, 5.74) is 2.63. The molecule has 4 heteroatoms. The lowest BCUT2D eigenvalue weighted by Crippen LogP contribution is -2.42. The minimum atomic E-state index is 0.611. The van der Waals surface area contributed by atoms with Crippen LogP contribution >= 0.6 is 0 Å². The number of aromatic nitrogens is 1. The van der Waals surface area contributed by atoms with E-state index in [4.69, 9.17) is 0 Å². The zero-order valence-electron chi connectivity index (χ0n) is 13.4. The van der Waals surface area contributed by atoms with E-state index in [-0.39, 0.29) is 0 Å². The van der Waals surface area contributed by atoms with Crippen LogP contribution in [0.2, 0.25) is 0 Å². The van der Waals surface area contributed by atoms with E-state index in [9.17, 15) is 0 Å². The van der Waals surface area contributed by atoms with E-state index in [1.165, 1.54) is 42.1 Å². The number of aliphatic imine (C=N–C) groups is 1. The van der Waals surface area contributed by atoms with E-state index >= 15 is 0 Å². The second-order valence-electron chi connectivity index (χ2n) is 6.09. The molecule has 3 N–H and O–H groups in total. The molecule has 2 aromatic rings. The Balaban J connectivity index is 1.44. The highest BCUT2D eigenvalue weighted by molar-refractivity contribution is 5.83. The SMILES string of the molecule is CN=C(NCCCc1c[nH]c2ccccc12)NC1CCCC1. The molecule has 1 aliphatic carbocycles. The number of hydrogen-bond acceptors (Lipinski definition) is 1. The lowest BCUT2D eigenvalue weighted by atomic mass is 10.1. The third-order valence-electron chi connectivity index (χ3n) is 4.51. The Labute approximate surface area is 132 Å². The van der Waals surface area contributed by atoms with Gasteiger partial charge in [0, 0.05) is 36.7 Å². The summed E-state index contributed by atoms with van der Waals surface area (Å²) in [5.74, 6) is 0.950. The normalized spacial score (nSPS) is 16.3. The van der Waals surface area contributed by atoms with Gasteiger partial charge in [-0.25, -0.2) is 0 Å². The second-order valence-corrected chi connectivity index (χ2v) is 6.09. The summed E-state index contributed by atoms with van der Waals surface area (Å²) in [5, 5.41) is 8.30. The van der Waals surface area contributed by atoms with Gasteiger partial charge < -0.3 is 15.6 Å². The molecule has 1 heterocycles. The minimum absolute atomic E-state index is 0.611. The smallest absolute Gasteiger partial charge is 0.191 e. The fourth-order valence-corrected chi connectivity index (χ4v) is 3.28. The molecule has 22 heavy (non-hydrogen) atoms. The molecule has 1 fully saturated rings. The van der Waals surface area contributed by atoms with Gasteiger partial charge in [-0.3, -0.25) is 4.99 Å². The number of aromatic amines is 1. The maximum absolute atomic E-state index is 4.32. The van der Waals surface area contributed by atoms with E-state index in [0.29, 0.717) is 6.04 Å². The van der Waals surface area contributed by atoms with Crippen molar-refractivity contribution in [3.63, 3.8) is 0 Å². The summed E-state index contributed by atoms with van der Waals surface area (Å²) in [4.78, 5) is 7.67. The quantitative estimate of drug-likeness (QED) is 0.451. The number of hydrogen-bond donors (Lipinski definition) is 3. The van der Waals surface area contributed by atoms with Crippen molar-refractivity contribution in [3.8, 4) is 0 Å². The Hall–Kier alpha value is -1.97. The average molecular weight is 298 g/mol. The van der Waals surface area contributed by atoms with Crippen LogP contribution in [0.1, 0.15) is 37.7 Å². The summed E-state index contributed by atoms with van der Waals surface area (Å²) < 4.78 is 0. The first-order valence-electron chi connectivity index (χ1n) is 8.39. The van der Waals surface area contributed by atoms with Crippen LogP contribution in [0.15, 0.2) is 35.5 Å². The molecule has 1 aromatic heterocycles. The van der Waals surface area contributed by atoms with Crippen molar-refractivity contribution >= 4 is 16.9 Å². The van der Waals surface area contributed by atoms with Crippen molar-refractivity contribution in [2.45, 2.75) is 44.6 Å². The van der Waals surface area contributed by atoms with Gasteiger partial charge in [-0.05, 0) is 37.3 Å². The number of H-pyrrole nitrogens is 1. The maximum Gasteiger partial charge on any atom is 0.191 e. The third kappa shape index (κ3) is 3.62. The molecule has 0 atom stereocenters. The summed E-state index contributed by atoms with van der Waals surface area (Å²) in [7, 11) is 1.85. The number of nitrogens with zero attached hydrogens (tertiary/aromatic N) is 1. The molecule has 1 aromatic carbocycles. The van der Waals surface area contributed by atoms with Gasteiger partial charge in [-0.2, -0.15) is 0 Å². The maximum atomic E-state index is 4.32. The summed E-state index contributed by atoms with van der Waals surface area (Å²) >= 11 is 0. The van der Waals surface area contributed by atoms with Crippen LogP contribution in [0.3, 0.4) is 0 Å². The van der Waals surface area contributed by atoms with Gasteiger partial charge in [0.05, 0.1) is 0 Å². The molecular weight excluding hydrogens is 272 g/mol. The van der Waals surface area contributed by atoms with Gasteiger partial charge in [0.2, 0.25) is 0 Å². The van der Waals surface area contributed by atoms with Gasteiger partial charge in [-0.15, -0.1) is 0 Å². The van der Waals surface area contributed by atoms with Gasteiger partial charge in [0.15, 0.2) is 5.96 Å². The Morgan fingerprint density at radius 3 is 2.91 bits per heavy atom. The Kier molecular flexibility index (Phi) is 4.99. The minimum Gasteiger partial charge on any atom is -0.361 e. The number of benzene rings is 1. The summed E-state index contributed by atoms with van der Waals surface area (Å²) in [6.45, 7) is 0.950. The molecule has 1 saturated carbocycles. The molecule has 0 aliphatic heterocycles. The van der Waals surface area contributed by atoms with Crippen molar-refractivity contribution in [1.82, 2.24) is 15.6 Å². The van der Waals surface area contributed by atoms with Crippen LogP contribution < -0.4 is 10.6 Å². The lowest BCUT2D eigenvalue weighted by Gasteiger charge is -2.16. The van der Waals surface area contributed by atoms with E-state index in [1.54, 1.807) is 0 Å². The van der Waals surface area contributed by atoms with Crippen molar-refractivity contribution in [2.75, 3.05) is 13.6 Å². The van der Waals surface area contributed by atoms with Crippen LogP contribution in [-0.2, 0) is 6.42 Å². The molecule has 4 nitrogen and oxygen atoms in total. The molecule has 0 bridgehead atoms. The first-order chi connectivity index (χ1) is 10.9. The third-order valence-corrected chi connectivity index (χ3v) is 4.51. The molecular formula is C18H26N4. The standard InChI is InChI=1S/C18H26N4/c1-19-18(22-15-8-2-3-9-15)20-12-6-7-14-13-21-17-11-5-4-10-16(14)17/h4-5,10-11,13,15,21H,2-3,6-9,12H2,1H3,(H2,19,20,22). The van der Waals surface area contributed by atoms with Crippen LogP contribution in [0.25, 0.3) is 10.9 Å². The molecule has 1 aliphatic rings. The van der Waals surface area contributed by atoms with Gasteiger partial charge in [0.1, 0.15) is 0 Å².